The van der Waals surface area contributed by atoms with Crippen LogP contribution in [0.5, 0.6) is 0 Å². The molecule has 4 atom stereocenters. The number of ether oxygens (including phenoxy) is 3. The van der Waals surface area contributed by atoms with Crippen molar-refractivity contribution in [3.63, 3.8) is 0 Å². The average molecular weight is 298 g/mol. The second kappa shape index (κ2) is 7.78. The predicted octanol–water partition coefficient (Wildman–Crippen LogP) is 2.75. The van der Waals surface area contributed by atoms with Gasteiger partial charge in [0.1, 0.15) is 12.2 Å². The molecule has 3 saturated heterocycles. The number of carbonyl (C=O) groups excluding carboxylic acids is 2. The van der Waals surface area contributed by atoms with Crippen LogP contribution >= 0.6 is 0 Å². The van der Waals surface area contributed by atoms with Gasteiger partial charge in [-0.3, -0.25) is 9.59 Å². The lowest BCUT2D eigenvalue weighted by molar-refractivity contribution is -0.146. The summed E-state index contributed by atoms with van der Waals surface area (Å²) in [5.74, 6) is -0.178. The van der Waals surface area contributed by atoms with Crippen LogP contribution in [0, 0.1) is 0 Å². The van der Waals surface area contributed by atoms with Gasteiger partial charge < -0.3 is 14.2 Å². The first kappa shape index (κ1) is 16.3. The highest BCUT2D eigenvalue weighted by Crippen LogP contribution is 2.32. The van der Waals surface area contributed by atoms with Crippen molar-refractivity contribution in [1.82, 2.24) is 0 Å². The van der Waals surface area contributed by atoms with Gasteiger partial charge in [-0.1, -0.05) is 13.8 Å². The van der Waals surface area contributed by atoms with Crippen LogP contribution in [-0.4, -0.2) is 36.4 Å². The Labute approximate surface area is 126 Å². The minimum absolute atomic E-state index is 0.0400. The summed E-state index contributed by atoms with van der Waals surface area (Å²) in [6.07, 6.45) is 6.83. The zero-order valence-corrected chi connectivity index (χ0v) is 13.0. The largest absolute Gasteiger partial charge is 0.462 e. The van der Waals surface area contributed by atoms with Gasteiger partial charge in [0.25, 0.3) is 0 Å². The number of carbonyl (C=O) groups is 2. The number of cyclic esters (lactones) is 2. The normalized spacial score (nSPS) is 35.1. The van der Waals surface area contributed by atoms with E-state index in [-0.39, 0.29) is 36.4 Å². The molecule has 0 aliphatic carbocycles. The van der Waals surface area contributed by atoms with Gasteiger partial charge in [0.2, 0.25) is 0 Å². The third-order valence-electron chi connectivity index (χ3n) is 4.25. The molecule has 3 heterocycles. The van der Waals surface area contributed by atoms with E-state index in [2.05, 4.69) is 0 Å². The molecule has 0 N–H and O–H groups in total. The summed E-state index contributed by atoms with van der Waals surface area (Å²) in [5.41, 5.74) is 0. The molecule has 3 rings (SSSR count). The zero-order valence-electron chi connectivity index (χ0n) is 13.0. The Morgan fingerprint density at radius 2 is 1.48 bits per heavy atom. The first-order chi connectivity index (χ1) is 10.2. The van der Waals surface area contributed by atoms with E-state index in [0.29, 0.717) is 12.8 Å². The van der Waals surface area contributed by atoms with Crippen molar-refractivity contribution in [3.05, 3.63) is 0 Å². The summed E-state index contributed by atoms with van der Waals surface area (Å²) >= 11 is 0. The van der Waals surface area contributed by atoms with Gasteiger partial charge >= 0.3 is 11.9 Å². The first-order valence-corrected chi connectivity index (χ1v) is 8.25. The summed E-state index contributed by atoms with van der Waals surface area (Å²) in [4.78, 5) is 22.1. The summed E-state index contributed by atoms with van der Waals surface area (Å²) in [7, 11) is 0. The Morgan fingerprint density at radius 3 is 2.10 bits per heavy atom. The lowest BCUT2D eigenvalue weighted by Gasteiger charge is -2.19. The summed E-state index contributed by atoms with van der Waals surface area (Å²) in [6, 6.07) is 0. The lowest BCUT2D eigenvalue weighted by atomic mass is 10.0. The minimum atomic E-state index is -0.102. The monoisotopic (exact) mass is 298 g/mol. The molecule has 5 heteroatoms. The molecule has 3 aliphatic heterocycles. The Kier molecular flexibility index (Phi) is 6.03. The van der Waals surface area contributed by atoms with Crippen LogP contribution in [0.25, 0.3) is 0 Å². The number of hydrogen-bond acceptors (Lipinski definition) is 5. The molecule has 0 saturated carbocycles. The van der Waals surface area contributed by atoms with E-state index < -0.39 is 0 Å². The van der Waals surface area contributed by atoms with Crippen LogP contribution in [0.2, 0.25) is 0 Å². The van der Waals surface area contributed by atoms with E-state index in [1.54, 1.807) is 0 Å². The van der Waals surface area contributed by atoms with E-state index in [9.17, 15) is 9.59 Å². The second-order valence-corrected chi connectivity index (χ2v) is 5.67. The standard InChI is InChI=1S/C14H20O5.C2H6/c15-13-7-4-10(18-13)2-1-9-3-5-11(17-9)12-6-8-14(16)19-12;1-2/h9-12H,1-8H2;1-2H3. The first-order valence-electron chi connectivity index (χ1n) is 8.25. The summed E-state index contributed by atoms with van der Waals surface area (Å²) in [5, 5.41) is 0. The van der Waals surface area contributed by atoms with Gasteiger partial charge in [0, 0.05) is 12.8 Å². The molecule has 3 aliphatic rings. The van der Waals surface area contributed by atoms with Crippen molar-refractivity contribution < 1.29 is 23.8 Å². The summed E-state index contributed by atoms with van der Waals surface area (Å²) < 4.78 is 16.4. The van der Waals surface area contributed by atoms with E-state index >= 15 is 0 Å². The molecular weight excluding hydrogens is 272 g/mol. The highest BCUT2D eigenvalue weighted by molar-refractivity contribution is 5.71. The molecule has 0 radical (unpaired) electrons. The van der Waals surface area contributed by atoms with Crippen molar-refractivity contribution in [2.24, 2.45) is 0 Å². The molecule has 120 valence electrons. The lowest BCUT2D eigenvalue weighted by Crippen LogP contribution is -2.26. The van der Waals surface area contributed by atoms with Gasteiger partial charge in [-0.05, 0) is 38.5 Å². The molecule has 0 aromatic heterocycles. The SMILES string of the molecule is CC.O=C1CCC(CCC2CCC(C3CCC(=O)O3)O2)O1. The smallest absolute Gasteiger partial charge is 0.306 e. The van der Waals surface area contributed by atoms with Crippen LogP contribution in [0.1, 0.15) is 65.2 Å². The number of rotatable bonds is 4. The fraction of sp³-hybridized carbons (Fsp3) is 0.875. The van der Waals surface area contributed by atoms with Crippen molar-refractivity contribution >= 4 is 11.9 Å². The molecule has 5 nitrogen and oxygen atoms in total. The quantitative estimate of drug-likeness (QED) is 0.747. The van der Waals surface area contributed by atoms with Crippen molar-refractivity contribution in [3.8, 4) is 0 Å². The van der Waals surface area contributed by atoms with Crippen molar-refractivity contribution in [1.29, 1.82) is 0 Å². The Bertz CT molecular complexity index is 368. The van der Waals surface area contributed by atoms with Crippen LogP contribution < -0.4 is 0 Å². The van der Waals surface area contributed by atoms with Crippen molar-refractivity contribution in [2.75, 3.05) is 0 Å². The van der Waals surface area contributed by atoms with Crippen LogP contribution in [0.3, 0.4) is 0 Å². The van der Waals surface area contributed by atoms with Crippen molar-refractivity contribution in [2.45, 2.75) is 89.6 Å². The van der Waals surface area contributed by atoms with Gasteiger partial charge in [-0.2, -0.15) is 0 Å². The van der Waals surface area contributed by atoms with Crippen LogP contribution in [-0.2, 0) is 23.8 Å². The Morgan fingerprint density at radius 1 is 0.810 bits per heavy atom. The maximum atomic E-state index is 11.1. The topological polar surface area (TPSA) is 61.8 Å². The fourth-order valence-electron chi connectivity index (χ4n) is 3.19. The minimum Gasteiger partial charge on any atom is -0.462 e. The van der Waals surface area contributed by atoms with Crippen LogP contribution in [0.4, 0.5) is 0 Å². The maximum absolute atomic E-state index is 11.1. The highest BCUT2D eigenvalue weighted by Gasteiger charge is 2.37. The zero-order chi connectivity index (χ0) is 15.2. The molecule has 0 spiro atoms. The van der Waals surface area contributed by atoms with Gasteiger partial charge in [0.05, 0.1) is 12.2 Å². The third kappa shape index (κ3) is 4.43. The second-order valence-electron chi connectivity index (χ2n) is 5.67. The van der Waals surface area contributed by atoms with E-state index in [4.69, 9.17) is 14.2 Å². The average Bonchev–Trinajstić information content (AvgIpc) is 3.20. The highest BCUT2D eigenvalue weighted by atomic mass is 16.6. The molecule has 4 unspecified atom stereocenters. The molecule has 0 aromatic carbocycles. The maximum Gasteiger partial charge on any atom is 0.306 e. The molecular formula is C16H26O5. The predicted molar refractivity (Wildman–Crippen MR) is 76.7 cm³/mol. The number of esters is 2. The summed E-state index contributed by atoms with van der Waals surface area (Å²) in [6.45, 7) is 4.00. The Balaban J connectivity index is 0.000000774. The third-order valence-corrected chi connectivity index (χ3v) is 4.25. The van der Waals surface area contributed by atoms with Gasteiger partial charge in [0.15, 0.2) is 0 Å². The molecule has 0 amide bonds. The Hall–Kier alpha value is -1.10. The van der Waals surface area contributed by atoms with E-state index in [1.807, 2.05) is 13.8 Å². The molecule has 21 heavy (non-hydrogen) atoms. The molecule has 3 fully saturated rings. The van der Waals surface area contributed by atoms with Crippen LogP contribution in [0.15, 0.2) is 0 Å². The molecule has 0 bridgehead atoms. The molecule has 0 aromatic rings. The van der Waals surface area contributed by atoms with Gasteiger partial charge in [-0.15, -0.1) is 0 Å². The van der Waals surface area contributed by atoms with E-state index in [1.165, 1.54) is 0 Å². The fourth-order valence-corrected chi connectivity index (χ4v) is 3.19. The van der Waals surface area contributed by atoms with E-state index in [0.717, 1.165) is 38.5 Å². The van der Waals surface area contributed by atoms with Gasteiger partial charge in [-0.25, -0.2) is 0 Å². The number of hydrogen-bond donors (Lipinski definition) is 0.